The summed E-state index contributed by atoms with van der Waals surface area (Å²) >= 11 is 0. The lowest BCUT2D eigenvalue weighted by molar-refractivity contribution is 0.309. The van der Waals surface area contributed by atoms with Crippen LogP contribution >= 0.6 is 0 Å². The molecule has 2 saturated carbocycles. The smallest absolute Gasteiger partial charge is 0.149 e. The number of halogens is 1. The van der Waals surface area contributed by atoms with Crippen molar-refractivity contribution in [3.63, 3.8) is 0 Å². The molecule has 2 fully saturated rings. The van der Waals surface area contributed by atoms with Crippen LogP contribution in [0.5, 0.6) is 0 Å². The maximum Gasteiger partial charge on any atom is 0.149 e. The first-order chi connectivity index (χ1) is 16.7. The fourth-order valence-electron chi connectivity index (χ4n) is 6.08. The summed E-state index contributed by atoms with van der Waals surface area (Å²) in [5.74, 6) is 2.24. The van der Waals surface area contributed by atoms with Crippen molar-refractivity contribution in [3.8, 4) is 11.1 Å². The predicted octanol–water partition coefficient (Wildman–Crippen LogP) is 8.54. The Balaban J connectivity index is 0.000000940. The van der Waals surface area contributed by atoms with E-state index in [0.29, 0.717) is 11.6 Å². The maximum absolute atomic E-state index is 15.2. The number of aromatic nitrogens is 3. The van der Waals surface area contributed by atoms with Crippen LogP contribution in [0.1, 0.15) is 97.3 Å². The highest BCUT2D eigenvalue weighted by molar-refractivity contribution is 5.99. The molecule has 5 heteroatoms. The molecule has 0 spiro atoms. The number of fused-ring (bicyclic) bond motifs is 2. The van der Waals surface area contributed by atoms with Gasteiger partial charge in [0.2, 0.25) is 0 Å². The zero-order valence-electron chi connectivity index (χ0n) is 20.8. The van der Waals surface area contributed by atoms with Gasteiger partial charge in [0.05, 0.1) is 0 Å². The second kappa shape index (κ2) is 9.97. The molecule has 1 aromatic carbocycles. The molecule has 0 radical (unpaired) electrons. The number of hydrogen-bond acceptors (Lipinski definition) is 3. The van der Waals surface area contributed by atoms with Gasteiger partial charge in [-0.1, -0.05) is 58.8 Å². The van der Waals surface area contributed by atoms with E-state index in [0.717, 1.165) is 51.6 Å². The summed E-state index contributed by atoms with van der Waals surface area (Å²) in [5.41, 5.74) is 5.41. The summed E-state index contributed by atoms with van der Waals surface area (Å²) in [6.45, 7) is 6.08. The summed E-state index contributed by atoms with van der Waals surface area (Å²) in [4.78, 5) is 17.4. The molecular formula is C29H39FN4. The molecule has 3 heterocycles. The van der Waals surface area contributed by atoms with E-state index in [1.807, 2.05) is 26.2 Å². The molecule has 182 valence electrons. The quantitative estimate of drug-likeness (QED) is 0.395. The molecule has 0 bridgehead atoms. The van der Waals surface area contributed by atoms with Gasteiger partial charge in [-0.3, -0.25) is 4.99 Å². The molecule has 6 rings (SSSR count). The molecule has 1 atom stereocenters. The molecule has 0 amide bonds. The van der Waals surface area contributed by atoms with Gasteiger partial charge in [0.15, 0.2) is 0 Å². The molecule has 4 nitrogen and oxygen atoms in total. The van der Waals surface area contributed by atoms with Crippen LogP contribution in [0.3, 0.4) is 0 Å². The van der Waals surface area contributed by atoms with Crippen molar-refractivity contribution in [1.82, 2.24) is 15.0 Å². The molecular weight excluding hydrogens is 423 g/mol. The molecule has 1 aliphatic heterocycles. The van der Waals surface area contributed by atoms with Gasteiger partial charge in [0.25, 0.3) is 0 Å². The Morgan fingerprint density at radius 2 is 1.79 bits per heavy atom. The molecule has 3 aliphatic rings. The van der Waals surface area contributed by atoms with Crippen LogP contribution in [-0.4, -0.2) is 20.7 Å². The highest BCUT2D eigenvalue weighted by atomic mass is 19.1. The van der Waals surface area contributed by atoms with Gasteiger partial charge in [-0.25, -0.2) is 14.4 Å². The van der Waals surface area contributed by atoms with Gasteiger partial charge >= 0.3 is 0 Å². The van der Waals surface area contributed by atoms with Crippen LogP contribution in [0.15, 0.2) is 29.5 Å². The Labute approximate surface area is 204 Å². The number of aliphatic imine (C=N–C) groups is 1. The van der Waals surface area contributed by atoms with Crippen LogP contribution in [0.2, 0.25) is 0 Å². The number of nitrogens with zero attached hydrogens (tertiary/aromatic N) is 3. The molecule has 0 saturated heterocycles. The molecule has 1 unspecified atom stereocenters. The van der Waals surface area contributed by atoms with Crippen molar-refractivity contribution in [1.29, 1.82) is 0 Å². The van der Waals surface area contributed by atoms with E-state index in [9.17, 15) is 0 Å². The van der Waals surface area contributed by atoms with E-state index in [-0.39, 0.29) is 13.2 Å². The second-order valence-corrected chi connectivity index (χ2v) is 10.1. The number of benzene rings is 1. The first-order valence-electron chi connectivity index (χ1n) is 13.4. The van der Waals surface area contributed by atoms with E-state index in [2.05, 4.69) is 28.0 Å². The van der Waals surface area contributed by atoms with Gasteiger partial charge in [0.1, 0.15) is 23.0 Å². The SMILES string of the molecule is CC.CC1=Nc2c(F)cc(-c3c[nH]c4nc(CC5CCC5)ncc34)cc2C1C1CCCCCC1.[HH]. The molecule has 34 heavy (non-hydrogen) atoms. The standard InChI is InChI=1S/C27H31FN4.C2H6.H2/c1-16-25(18-9-4-2-3-5-10-18)20-12-19(13-23(28)26(20)31-16)21-14-30-27-22(21)15-29-24(32-27)11-17-7-6-8-17;1-2;/h12-15,17-18,25H,2-11H2,1H3,(H,29,30,32);1-2H3;1H. The fourth-order valence-corrected chi connectivity index (χ4v) is 6.08. The summed E-state index contributed by atoms with van der Waals surface area (Å²) in [7, 11) is 0. The largest absolute Gasteiger partial charge is 0.345 e. The summed E-state index contributed by atoms with van der Waals surface area (Å²) < 4.78 is 15.2. The van der Waals surface area contributed by atoms with Crippen molar-refractivity contribution >= 4 is 22.4 Å². The van der Waals surface area contributed by atoms with Crippen LogP contribution in [0.4, 0.5) is 10.1 Å². The van der Waals surface area contributed by atoms with Crippen LogP contribution < -0.4 is 0 Å². The van der Waals surface area contributed by atoms with Gasteiger partial charge in [0, 0.05) is 42.8 Å². The third-order valence-electron chi connectivity index (χ3n) is 8.03. The topological polar surface area (TPSA) is 53.9 Å². The minimum Gasteiger partial charge on any atom is -0.345 e. The summed E-state index contributed by atoms with van der Waals surface area (Å²) in [6.07, 6.45) is 16.3. The van der Waals surface area contributed by atoms with E-state index in [1.165, 1.54) is 57.8 Å². The van der Waals surface area contributed by atoms with E-state index in [1.54, 1.807) is 6.07 Å². The van der Waals surface area contributed by atoms with Crippen molar-refractivity contribution in [3.05, 3.63) is 41.7 Å². The normalized spacial score (nSPS) is 20.8. The van der Waals surface area contributed by atoms with Crippen molar-refractivity contribution in [2.45, 2.75) is 90.9 Å². The lowest BCUT2D eigenvalue weighted by atomic mass is 9.79. The monoisotopic (exact) mass is 462 g/mol. The average Bonchev–Trinajstić information content (AvgIpc) is 3.27. The summed E-state index contributed by atoms with van der Waals surface area (Å²) in [5, 5.41) is 0.961. The van der Waals surface area contributed by atoms with Crippen molar-refractivity contribution in [2.75, 3.05) is 0 Å². The first-order valence-corrected chi connectivity index (χ1v) is 13.4. The lowest BCUT2D eigenvalue weighted by Crippen LogP contribution is -2.17. The minimum atomic E-state index is -0.218. The number of rotatable bonds is 4. The molecule has 1 N–H and O–H groups in total. The number of hydrogen-bond donors (Lipinski definition) is 1. The van der Waals surface area contributed by atoms with Crippen LogP contribution in [0.25, 0.3) is 22.2 Å². The average molecular weight is 463 g/mol. The molecule has 2 aliphatic carbocycles. The second-order valence-electron chi connectivity index (χ2n) is 10.1. The highest BCUT2D eigenvalue weighted by Crippen LogP contribution is 2.47. The zero-order valence-corrected chi connectivity index (χ0v) is 20.8. The van der Waals surface area contributed by atoms with E-state index >= 15 is 4.39 Å². The van der Waals surface area contributed by atoms with Crippen molar-refractivity contribution < 1.29 is 5.82 Å². The molecule has 3 aromatic rings. The molecule has 2 aromatic heterocycles. The number of aromatic amines is 1. The van der Waals surface area contributed by atoms with Crippen LogP contribution in [0, 0.1) is 17.7 Å². The minimum absolute atomic E-state index is 0. The predicted molar refractivity (Wildman–Crippen MR) is 140 cm³/mol. The van der Waals surface area contributed by atoms with Crippen molar-refractivity contribution in [2.24, 2.45) is 16.8 Å². The number of H-pyrrole nitrogens is 1. The lowest BCUT2D eigenvalue weighted by Gasteiger charge is -2.24. The number of nitrogens with one attached hydrogen (secondary N) is 1. The Hall–Kier alpha value is -2.56. The fraction of sp³-hybridized carbons (Fsp3) is 0.552. The summed E-state index contributed by atoms with van der Waals surface area (Å²) in [6, 6.07) is 3.81. The zero-order chi connectivity index (χ0) is 23.7. The Morgan fingerprint density at radius 1 is 1.03 bits per heavy atom. The first kappa shape index (κ1) is 23.2. The van der Waals surface area contributed by atoms with E-state index < -0.39 is 0 Å². The third kappa shape index (κ3) is 4.30. The van der Waals surface area contributed by atoms with Gasteiger partial charge in [-0.05, 0) is 54.9 Å². The van der Waals surface area contributed by atoms with Gasteiger partial charge in [-0.15, -0.1) is 0 Å². The Kier molecular flexibility index (Phi) is 6.80. The van der Waals surface area contributed by atoms with Crippen LogP contribution in [-0.2, 0) is 6.42 Å². The maximum atomic E-state index is 15.2. The Morgan fingerprint density at radius 3 is 2.50 bits per heavy atom. The third-order valence-corrected chi connectivity index (χ3v) is 8.03. The van der Waals surface area contributed by atoms with Gasteiger partial charge in [-0.2, -0.15) is 0 Å². The highest BCUT2D eigenvalue weighted by Gasteiger charge is 2.34. The Bertz CT molecular complexity index is 1190. The van der Waals surface area contributed by atoms with Gasteiger partial charge < -0.3 is 4.98 Å². The van der Waals surface area contributed by atoms with E-state index in [4.69, 9.17) is 4.98 Å².